The molecule has 3 N–H and O–H groups in total. The van der Waals surface area contributed by atoms with Crippen molar-refractivity contribution in [3.05, 3.63) is 30.2 Å². The lowest BCUT2D eigenvalue weighted by molar-refractivity contribution is 0.450. The summed E-state index contributed by atoms with van der Waals surface area (Å²) in [5.74, 6) is 0.621. The van der Waals surface area contributed by atoms with Crippen LogP contribution in [0.4, 0.5) is 0 Å². The minimum Gasteiger partial charge on any atom is -0.434 e. The average Bonchev–Trinajstić information content (AvgIpc) is 2.78. The van der Waals surface area contributed by atoms with E-state index >= 15 is 0 Å². The molecule has 2 rings (SSSR count). The number of nitrogens with two attached hydrogens (primary N) is 1. The van der Waals surface area contributed by atoms with Crippen LogP contribution in [-0.2, 0) is 0 Å². The van der Waals surface area contributed by atoms with Gasteiger partial charge in [0.05, 0.1) is 24.2 Å². The molecule has 0 fully saturated rings. The second-order valence-corrected chi connectivity index (χ2v) is 4.02. The van der Waals surface area contributed by atoms with Crippen LogP contribution in [0, 0.1) is 5.41 Å². The lowest BCUT2D eigenvalue weighted by Gasteiger charge is -2.06. The van der Waals surface area contributed by atoms with Gasteiger partial charge in [0.2, 0.25) is 5.88 Å². The zero-order valence-corrected chi connectivity index (χ0v) is 10.2. The van der Waals surface area contributed by atoms with Crippen LogP contribution in [0.1, 0.15) is 25.5 Å². The van der Waals surface area contributed by atoms with Crippen molar-refractivity contribution in [1.29, 1.82) is 5.41 Å². The number of hydrogen-bond acceptors (Lipinski definition) is 5. The molecule has 2 aromatic heterocycles. The van der Waals surface area contributed by atoms with E-state index in [1.165, 1.54) is 6.20 Å². The lowest BCUT2D eigenvalue weighted by Crippen LogP contribution is -2.13. The third-order valence-electron chi connectivity index (χ3n) is 2.30. The number of aromatic nitrogens is 4. The number of nitrogens with one attached hydrogen (secondary N) is 1. The molecule has 0 bridgehead atoms. The molecule has 7 heteroatoms. The van der Waals surface area contributed by atoms with Gasteiger partial charge in [-0.3, -0.25) is 10.1 Å². The zero-order valence-electron chi connectivity index (χ0n) is 10.2. The van der Waals surface area contributed by atoms with Crippen molar-refractivity contribution >= 4 is 5.84 Å². The van der Waals surface area contributed by atoms with Crippen molar-refractivity contribution in [1.82, 2.24) is 20.0 Å². The highest BCUT2D eigenvalue weighted by Gasteiger charge is 2.11. The van der Waals surface area contributed by atoms with Crippen molar-refractivity contribution in [3.63, 3.8) is 0 Å². The lowest BCUT2D eigenvalue weighted by atomic mass is 10.3. The molecule has 0 saturated carbocycles. The normalized spacial score (nSPS) is 10.6. The summed E-state index contributed by atoms with van der Waals surface area (Å²) in [5.41, 5.74) is 5.84. The van der Waals surface area contributed by atoms with Gasteiger partial charge in [-0.2, -0.15) is 10.2 Å². The highest BCUT2D eigenvalue weighted by molar-refractivity contribution is 5.96. The van der Waals surface area contributed by atoms with E-state index in [2.05, 4.69) is 15.3 Å². The third-order valence-corrected chi connectivity index (χ3v) is 2.30. The van der Waals surface area contributed by atoms with Crippen LogP contribution in [0.2, 0.25) is 0 Å². The Bertz CT molecular complexity index is 562. The Morgan fingerprint density at radius 2 is 2.28 bits per heavy atom. The monoisotopic (exact) mass is 246 g/mol. The Hall–Kier alpha value is -2.44. The maximum Gasteiger partial charge on any atom is 0.250 e. The first-order valence-corrected chi connectivity index (χ1v) is 5.46. The first kappa shape index (κ1) is 12.0. The van der Waals surface area contributed by atoms with Crippen LogP contribution in [-0.4, -0.2) is 25.8 Å². The molecule has 0 radical (unpaired) electrons. The molecule has 2 aromatic rings. The van der Waals surface area contributed by atoms with E-state index in [0.717, 1.165) is 0 Å². The van der Waals surface area contributed by atoms with Crippen LogP contribution in [0.15, 0.2) is 24.7 Å². The molecular formula is C11H14N6O. The van der Waals surface area contributed by atoms with Crippen LogP contribution < -0.4 is 10.5 Å². The first-order chi connectivity index (χ1) is 8.58. The number of ether oxygens (including phenoxy) is 1. The van der Waals surface area contributed by atoms with E-state index < -0.39 is 0 Å². The summed E-state index contributed by atoms with van der Waals surface area (Å²) in [5, 5.41) is 19.1. The van der Waals surface area contributed by atoms with E-state index in [4.69, 9.17) is 15.9 Å². The molecule has 0 aromatic carbocycles. The molecule has 0 atom stereocenters. The molecule has 2 heterocycles. The molecule has 0 amide bonds. The van der Waals surface area contributed by atoms with Crippen LogP contribution >= 0.6 is 0 Å². The number of amidine groups is 1. The third kappa shape index (κ3) is 2.45. The summed E-state index contributed by atoms with van der Waals surface area (Å²) in [6, 6.07) is 1.83. The van der Waals surface area contributed by atoms with Crippen molar-refractivity contribution < 1.29 is 4.74 Å². The van der Waals surface area contributed by atoms with Gasteiger partial charge in [-0.25, -0.2) is 0 Å². The van der Waals surface area contributed by atoms with Gasteiger partial charge in [0.1, 0.15) is 5.84 Å². The van der Waals surface area contributed by atoms with Gasteiger partial charge in [0, 0.05) is 6.04 Å². The van der Waals surface area contributed by atoms with E-state index in [0.29, 0.717) is 11.3 Å². The predicted octanol–water partition coefficient (Wildman–Crippen LogP) is 1.33. The Kier molecular flexibility index (Phi) is 3.22. The van der Waals surface area contributed by atoms with Crippen LogP contribution in [0.5, 0.6) is 11.6 Å². The maximum absolute atomic E-state index is 7.42. The number of nitrogen functional groups attached to an aromatic ring is 1. The number of nitrogens with zero attached hydrogens (tertiary/aromatic N) is 4. The summed E-state index contributed by atoms with van der Waals surface area (Å²) < 4.78 is 7.29. The fraction of sp³-hybridized carbons (Fsp3) is 0.273. The van der Waals surface area contributed by atoms with E-state index in [9.17, 15) is 0 Å². The van der Waals surface area contributed by atoms with Crippen molar-refractivity contribution in [2.45, 2.75) is 19.9 Å². The van der Waals surface area contributed by atoms with E-state index in [-0.39, 0.29) is 17.8 Å². The first-order valence-electron chi connectivity index (χ1n) is 5.46. The molecule has 0 unspecified atom stereocenters. The second kappa shape index (κ2) is 4.82. The van der Waals surface area contributed by atoms with Crippen molar-refractivity contribution in [2.75, 3.05) is 0 Å². The van der Waals surface area contributed by atoms with Crippen molar-refractivity contribution in [3.8, 4) is 11.6 Å². The summed E-state index contributed by atoms with van der Waals surface area (Å²) in [7, 11) is 0. The molecule has 0 saturated heterocycles. The Morgan fingerprint density at radius 1 is 1.50 bits per heavy atom. The highest BCUT2D eigenvalue weighted by Crippen LogP contribution is 2.22. The molecule has 0 aliphatic rings. The van der Waals surface area contributed by atoms with Crippen molar-refractivity contribution in [2.24, 2.45) is 5.73 Å². The fourth-order valence-corrected chi connectivity index (χ4v) is 1.37. The Labute approximate surface area is 104 Å². The summed E-state index contributed by atoms with van der Waals surface area (Å²) >= 11 is 0. The van der Waals surface area contributed by atoms with E-state index in [1.54, 1.807) is 23.1 Å². The zero-order chi connectivity index (χ0) is 13.1. The highest BCUT2D eigenvalue weighted by atomic mass is 16.5. The van der Waals surface area contributed by atoms with Gasteiger partial charge in [0.25, 0.3) is 0 Å². The average molecular weight is 246 g/mol. The second-order valence-electron chi connectivity index (χ2n) is 4.02. The van der Waals surface area contributed by atoms with Crippen LogP contribution in [0.25, 0.3) is 0 Å². The largest absolute Gasteiger partial charge is 0.434 e. The van der Waals surface area contributed by atoms with Gasteiger partial charge >= 0.3 is 0 Å². The number of hydrogen-bond donors (Lipinski definition) is 2. The molecule has 94 valence electrons. The molecule has 18 heavy (non-hydrogen) atoms. The fourth-order valence-electron chi connectivity index (χ4n) is 1.37. The molecule has 0 aliphatic heterocycles. The quantitative estimate of drug-likeness (QED) is 0.625. The SMILES string of the molecule is CC(C)n1cc(Oc2nnccc2C(=N)N)cn1. The Morgan fingerprint density at radius 3 is 2.89 bits per heavy atom. The van der Waals surface area contributed by atoms with Gasteiger partial charge in [-0.05, 0) is 19.9 Å². The number of rotatable bonds is 4. The molecular weight excluding hydrogens is 232 g/mol. The summed E-state index contributed by atoms with van der Waals surface area (Å²) in [6.07, 6.45) is 4.79. The summed E-state index contributed by atoms with van der Waals surface area (Å²) in [6.45, 7) is 4.03. The van der Waals surface area contributed by atoms with Gasteiger partial charge in [-0.15, -0.1) is 5.10 Å². The minimum absolute atomic E-state index is 0.115. The van der Waals surface area contributed by atoms with Gasteiger partial charge < -0.3 is 10.5 Å². The summed E-state index contributed by atoms with van der Waals surface area (Å²) in [4.78, 5) is 0. The molecule has 0 aliphatic carbocycles. The Balaban J connectivity index is 2.25. The van der Waals surface area contributed by atoms with Gasteiger partial charge in [-0.1, -0.05) is 0 Å². The predicted molar refractivity (Wildman–Crippen MR) is 65.7 cm³/mol. The molecule has 7 nitrogen and oxygen atoms in total. The van der Waals surface area contributed by atoms with Crippen LogP contribution in [0.3, 0.4) is 0 Å². The maximum atomic E-state index is 7.42. The molecule has 0 spiro atoms. The van der Waals surface area contributed by atoms with Gasteiger partial charge in [0.15, 0.2) is 5.75 Å². The topological polar surface area (TPSA) is 103 Å². The van der Waals surface area contributed by atoms with E-state index in [1.807, 2.05) is 13.8 Å². The minimum atomic E-state index is -0.115. The smallest absolute Gasteiger partial charge is 0.250 e. The standard InChI is InChI=1S/C11H14N6O/c1-7(2)17-6-8(5-15-17)18-11-9(10(12)13)3-4-14-16-11/h3-7H,1-2H3,(H3,12,13).